The van der Waals surface area contributed by atoms with Crippen molar-refractivity contribution in [2.45, 2.75) is 31.2 Å². The molecule has 2 N–H and O–H groups in total. The molecule has 1 amide bonds. The number of carbonyl (C=O) groups is 1. The molecule has 0 aliphatic heterocycles. The van der Waals surface area contributed by atoms with E-state index in [1.165, 1.54) is 6.42 Å². The molecule has 17 heavy (non-hydrogen) atoms. The Labute approximate surface area is 103 Å². The minimum Gasteiger partial charge on any atom is -0.342 e. The van der Waals surface area contributed by atoms with Gasteiger partial charge in [-0.3, -0.25) is 4.79 Å². The Hall–Kier alpha value is -1.35. The van der Waals surface area contributed by atoms with Crippen molar-refractivity contribution in [2.24, 2.45) is 5.73 Å². The maximum absolute atomic E-state index is 12.4. The molecule has 0 spiro atoms. The van der Waals surface area contributed by atoms with Crippen LogP contribution < -0.4 is 5.73 Å². The van der Waals surface area contributed by atoms with Crippen molar-refractivity contribution < 1.29 is 4.79 Å². The van der Waals surface area contributed by atoms with Gasteiger partial charge in [0.1, 0.15) is 0 Å². The molecule has 3 heteroatoms. The van der Waals surface area contributed by atoms with Crippen molar-refractivity contribution in [3.05, 3.63) is 35.9 Å². The zero-order valence-corrected chi connectivity index (χ0v) is 10.3. The number of nitrogens with zero attached hydrogens (tertiary/aromatic N) is 1. The topological polar surface area (TPSA) is 46.3 Å². The van der Waals surface area contributed by atoms with Crippen molar-refractivity contribution in [1.82, 2.24) is 4.90 Å². The summed E-state index contributed by atoms with van der Waals surface area (Å²) in [5.41, 5.74) is 6.78. The van der Waals surface area contributed by atoms with Crippen LogP contribution in [-0.4, -0.2) is 30.4 Å². The first-order chi connectivity index (χ1) is 8.24. The van der Waals surface area contributed by atoms with Gasteiger partial charge in [0.2, 0.25) is 5.91 Å². The third-order valence-corrected chi connectivity index (χ3v) is 3.71. The van der Waals surface area contributed by atoms with Gasteiger partial charge < -0.3 is 10.6 Å². The predicted octanol–water partition coefficient (Wildman–Crippen LogP) is 1.74. The van der Waals surface area contributed by atoms with E-state index in [-0.39, 0.29) is 11.8 Å². The van der Waals surface area contributed by atoms with Crippen LogP contribution in [-0.2, 0) is 4.79 Å². The highest BCUT2D eigenvalue weighted by molar-refractivity contribution is 5.84. The van der Waals surface area contributed by atoms with E-state index < -0.39 is 0 Å². The molecule has 0 saturated heterocycles. The largest absolute Gasteiger partial charge is 0.342 e. The second kappa shape index (κ2) is 5.32. The third-order valence-electron chi connectivity index (χ3n) is 3.71. The van der Waals surface area contributed by atoms with Crippen LogP contribution in [0.25, 0.3) is 0 Å². The Morgan fingerprint density at radius 1 is 1.41 bits per heavy atom. The standard InChI is InChI=1S/C14H20N2O/c1-16(12-8-5-9-12)14(17)13(10-15)11-6-3-2-4-7-11/h2-4,6-7,12-13H,5,8-10,15H2,1H3. The van der Waals surface area contributed by atoms with E-state index in [4.69, 9.17) is 5.73 Å². The number of likely N-dealkylation sites (N-methyl/N-ethyl adjacent to an activating group) is 1. The Balaban J connectivity index is 2.10. The molecule has 0 bridgehead atoms. The molecule has 92 valence electrons. The predicted molar refractivity (Wildman–Crippen MR) is 68.6 cm³/mol. The van der Waals surface area contributed by atoms with Crippen molar-refractivity contribution in [2.75, 3.05) is 13.6 Å². The number of hydrogen-bond acceptors (Lipinski definition) is 2. The fraction of sp³-hybridized carbons (Fsp3) is 0.500. The fourth-order valence-corrected chi connectivity index (χ4v) is 2.26. The second-order valence-corrected chi connectivity index (χ2v) is 4.73. The summed E-state index contributed by atoms with van der Waals surface area (Å²) < 4.78 is 0. The number of amides is 1. The normalized spacial score (nSPS) is 17.3. The number of hydrogen-bond donors (Lipinski definition) is 1. The summed E-state index contributed by atoms with van der Waals surface area (Å²) >= 11 is 0. The second-order valence-electron chi connectivity index (χ2n) is 4.73. The molecule has 1 saturated carbocycles. The molecule has 1 aromatic carbocycles. The minimum absolute atomic E-state index is 0.156. The highest BCUT2D eigenvalue weighted by Crippen LogP contribution is 2.26. The van der Waals surface area contributed by atoms with Gasteiger partial charge in [0.05, 0.1) is 5.92 Å². The van der Waals surface area contributed by atoms with E-state index in [0.29, 0.717) is 12.6 Å². The van der Waals surface area contributed by atoms with Gasteiger partial charge in [0, 0.05) is 19.6 Å². The zero-order chi connectivity index (χ0) is 12.3. The van der Waals surface area contributed by atoms with Gasteiger partial charge in [-0.15, -0.1) is 0 Å². The van der Waals surface area contributed by atoms with E-state index in [2.05, 4.69) is 0 Å². The van der Waals surface area contributed by atoms with E-state index in [9.17, 15) is 4.79 Å². The molecule has 1 unspecified atom stereocenters. The van der Waals surface area contributed by atoms with Crippen LogP contribution in [0.2, 0.25) is 0 Å². The molecule has 2 rings (SSSR count). The van der Waals surface area contributed by atoms with E-state index in [0.717, 1.165) is 18.4 Å². The van der Waals surface area contributed by atoms with E-state index >= 15 is 0 Å². The number of nitrogens with two attached hydrogens (primary N) is 1. The molecule has 0 radical (unpaired) electrons. The SMILES string of the molecule is CN(C(=O)C(CN)c1ccccc1)C1CCC1. The van der Waals surface area contributed by atoms with Gasteiger partial charge in [-0.2, -0.15) is 0 Å². The van der Waals surface area contributed by atoms with Crippen LogP contribution in [0.15, 0.2) is 30.3 Å². The van der Waals surface area contributed by atoms with Gasteiger partial charge in [-0.1, -0.05) is 30.3 Å². The minimum atomic E-state index is -0.193. The molecule has 0 aromatic heterocycles. The van der Waals surface area contributed by atoms with Crippen LogP contribution >= 0.6 is 0 Å². The van der Waals surface area contributed by atoms with Crippen LogP contribution in [0.3, 0.4) is 0 Å². The van der Waals surface area contributed by atoms with Crippen LogP contribution in [0, 0.1) is 0 Å². The molecule has 1 aliphatic carbocycles. The van der Waals surface area contributed by atoms with E-state index in [1.54, 1.807) is 0 Å². The van der Waals surface area contributed by atoms with Crippen molar-refractivity contribution >= 4 is 5.91 Å². The molecular weight excluding hydrogens is 212 g/mol. The highest BCUT2D eigenvalue weighted by atomic mass is 16.2. The lowest BCUT2D eigenvalue weighted by molar-refractivity contribution is -0.134. The fourth-order valence-electron chi connectivity index (χ4n) is 2.26. The lowest BCUT2D eigenvalue weighted by atomic mass is 9.89. The molecule has 1 aromatic rings. The van der Waals surface area contributed by atoms with E-state index in [1.807, 2.05) is 42.3 Å². The third kappa shape index (κ3) is 2.50. The quantitative estimate of drug-likeness (QED) is 0.859. The number of rotatable bonds is 4. The molecule has 1 fully saturated rings. The molecule has 1 aliphatic rings. The average Bonchev–Trinajstić information content (AvgIpc) is 2.29. The summed E-state index contributed by atoms with van der Waals surface area (Å²) in [4.78, 5) is 14.2. The van der Waals surface area contributed by atoms with Crippen LogP contribution in [0.4, 0.5) is 0 Å². The monoisotopic (exact) mass is 232 g/mol. The first-order valence-electron chi connectivity index (χ1n) is 6.25. The summed E-state index contributed by atoms with van der Waals surface area (Å²) in [7, 11) is 1.90. The smallest absolute Gasteiger partial charge is 0.231 e. The van der Waals surface area contributed by atoms with Gasteiger partial charge in [-0.25, -0.2) is 0 Å². The van der Waals surface area contributed by atoms with Gasteiger partial charge in [-0.05, 0) is 24.8 Å². The first-order valence-corrected chi connectivity index (χ1v) is 6.25. The van der Waals surface area contributed by atoms with Crippen molar-refractivity contribution in [1.29, 1.82) is 0 Å². The number of benzene rings is 1. The Morgan fingerprint density at radius 3 is 2.53 bits per heavy atom. The van der Waals surface area contributed by atoms with Gasteiger partial charge in [0.15, 0.2) is 0 Å². The van der Waals surface area contributed by atoms with Crippen LogP contribution in [0.5, 0.6) is 0 Å². The summed E-state index contributed by atoms with van der Waals surface area (Å²) in [6.07, 6.45) is 3.50. The summed E-state index contributed by atoms with van der Waals surface area (Å²) in [6, 6.07) is 10.2. The highest BCUT2D eigenvalue weighted by Gasteiger charge is 2.30. The van der Waals surface area contributed by atoms with Crippen molar-refractivity contribution in [3.8, 4) is 0 Å². The molecule has 1 atom stereocenters. The average molecular weight is 232 g/mol. The number of carbonyl (C=O) groups excluding carboxylic acids is 1. The lowest BCUT2D eigenvalue weighted by Gasteiger charge is -2.36. The van der Waals surface area contributed by atoms with Gasteiger partial charge >= 0.3 is 0 Å². The zero-order valence-electron chi connectivity index (χ0n) is 10.3. The molecular formula is C14H20N2O. The molecule has 0 heterocycles. The van der Waals surface area contributed by atoms with Crippen LogP contribution in [0.1, 0.15) is 30.7 Å². The Kier molecular flexibility index (Phi) is 3.79. The summed E-state index contributed by atoms with van der Waals surface area (Å²) in [5.74, 6) is -0.0369. The Morgan fingerprint density at radius 2 is 2.06 bits per heavy atom. The Bertz CT molecular complexity index is 373. The van der Waals surface area contributed by atoms with Gasteiger partial charge in [0.25, 0.3) is 0 Å². The van der Waals surface area contributed by atoms with Crippen molar-refractivity contribution in [3.63, 3.8) is 0 Å². The summed E-state index contributed by atoms with van der Waals surface area (Å²) in [6.45, 7) is 0.375. The maximum atomic E-state index is 12.4. The first kappa shape index (κ1) is 12.1. The summed E-state index contributed by atoms with van der Waals surface area (Å²) in [5, 5.41) is 0. The maximum Gasteiger partial charge on any atom is 0.231 e. The lowest BCUT2D eigenvalue weighted by Crippen LogP contribution is -2.44. The molecule has 3 nitrogen and oxygen atoms in total.